The molecule has 0 atom stereocenters. The fourth-order valence-electron chi connectivity index (χ4n) is 3.71. The van der Waals surface area contributed by atoms with E-state index in [9.17, 15) is 0 Å². The third-order valence-electron chi connectivity index (χ3n) is 5.46. The third kappa shape index (κ3) is 6.12. The predicted molar refractivity (Wildman–Crippen MR) is 123 cm³/mol. The van der Waals surface area contributed by atoms with Crippen molar-refractivity contribution in [2.75, 3.05) is 26.2 Å². The van der Waals surface area contributed by atoms with Crippen molar-refractivity contribution in [3.05, 3.63) is 73.6 Å². The van der Waals surface area contributed by atoms with Crippen molar-refractivity contribution < 1.29 is 4.74 Å². The van der Waals surface area contributed by atoms with Gasteiger partial charge in [-0.15, -0.1) is 0 Å². The molecule has 6 nitrogen and oxygen atoms in total. The van der Waals surface area contributed by atoms with Gasteiger partial charge in [0.2, 0.25) is 0 Å². The Morgan fingerprint density at radius 1 is 0.774 bits per heavy atom. The molecule has 0 aliphatic carbocycles. The second-order valence-corrected chi connectivity index (χ2v) is 7.78. The highest BCUT2D eigenvalue weighted by atomic mass is 16.5. The standard InChI is InChI=1S/C25H29N5O/c1-29-20-24(18-27-17-23(19-28-29)22-9-11-26-12-10-22)21-5-7-25(8-6-21)31-16-15-30-13-3-2-4-14-30/h5-12,17-20H,2-4,13-16H2,1H3. The summed E-state index contributed by atoms with van der Waals surface area (Å²) in [5.41, 5.74) is 4.00. The molecular weight excluding hydrogens is 386 g/mol. The minimum absolute atomic E-state index is 0.726. The van der Waals surface area contributed by atoms with Crippen LogP contribution < -0.4 is 4.74 Å². The van der Waals surface area contributed by atoms with Crippen LogP contribution in [0.3, 0.4) is 0 Å². The van der Waals surface area contributed by atoms with E-state index < -0.39 is 0 Å². The monoisotopic (exact) mass is 415 g/mol. The van der Waals surface area contributed by atoms with Gasteiger partial charge in [0.25, 0.3) is 0 Å². The molecular formula is C25H29N5O. The molecule has 3 aromatic rings. The van der Waals surface area contributed by atoms with Crippen LogP contribution in [0.5, 0.6) is 5.75 Å². The third-order valence-corrected chi connectivity index (χ3v) is 5.46. The van der Waals surface area contributed by atoms with Gasteiger partial charge in [-0.3, -0.25) is 19.5 Å². The highest BCUT2D eigenvalue weighted by molar-refractivity contribution is 5.63. The van der Waals surface area contributed by atoms with Crippen molar-refractivity contribution in [3.8, 4) is 28.0 Å². The van der Waals surface area contributed by atoms with Gasteiger partial charge in [0, 0.05) is 55.7 Å². The number of hydrogen-bond donors (Lipinski definition) is 0. The molecule has 0 spiro atoms. The Kier molecular flexibility index (Phi) is 7.24. The minimum Gasteiger partial charge on any atom is -0.492 e. The topological polar surface area (TPSA) is 56.1 Å². The second-order valence-electron chi connectivity index (χ2n) is 7.78. The van der Waals surface area contributed by atoms with Gasteiger partial charge >= 0.3 is 0 Å². The molecule has 0 saturated carbocycles. The summed E-state index contributed by atoms with van der Waals surface area (Å²) in [6.07, 6.45) is 15.0. The molecule has 0 bridgehead atoms. The number of aromatic nitrogens is 4. The summed E-state index contributed by atoms with van der Waals surface area (Å²) in [6.45, 7) is 4.12. The molecule has 160 valence electrons. The first-order chi connectivity index (χ1) is 15.3. The van der Waals surface area contributed by atoms with Crippen LogP contribution in [0, 0.1) is 0 Å². The Morgan fingerprint density at radius 2 is 1.48 bits per heavy atom. The van der Waals surface area contributed by atoms with Crippen LogP contribution in [0.1, 0.15) is 19.3 Å². The van der Waals surface area contributed by atoms with Crippen molar-refractivity contribution >= 4 is 0 Å². The maximum atomic E-state index is 5.96. The Hall–Kier alpha value is -3.25. The van der Waals surface area contributed by atoms with E-state index in [2.05, 4.69) is 32.1 Å². The molecule has 31 heavy (non-hydrogen) atoms. The van der Waals surface area contributed by atoms with E-state index in [0.29, 0.717) is 0 Å². The van der Waals surface area contributed by atoms with Gasteiger partial charge in [0.1, 0.15) is 12.4 Å². The van der Waals surface area contributed by atoms with Crippen molar-refractivity contribution in [2.24, 2.45) is 7.05 Å². The van der Waals surface area contributed by atoms with Crippen molar-refractivity contribution in [1.29, 1.82) is 0 Å². The molecule has 3 heterocycles. The molecule has 0 N–H and O–H groups in total. The van der Waals surface area contributed by atoms with Crippen LogP contribution in [0.15, 0.2) is 73.6 Å². The molecule has 1 aliphatic heterocycles. The fourth-order valence-corrected chi connectivity index (χ4v) is 3.71. The van der Waals surface area contributed by atoms with E-state index >= 15 is 0 Å². The van der Waals surface area contributed by atoms with E-state index in [1.165, 1.54) is 32.4 Å². The van der Waals surface area contributed by atoms with Gasteiger partial charge in [-0.25, -0.2) is 0 Å². The zero-order valence-corrected chi connectivity index (χ0v) is 18.0. The van der Waals surface area contributed by atoms with Gasteiger partial charge in [-0.05, 0) is 61.3 Å². The first kappa shape index (κ1) is 21.0. The molecule has 1 fully saturated rings. The second kappa shape index (κ2) is 10.7. The first-order valence-electron chi connectivity index (χ1n) is 10.9. The Bertz CT molecular complexity index is 1010. The predicted octanol–water partition coefficient (Wildman–Crippen LogP) is 4.53. The lowest BCUT2D eigenvalue weighted by molar-refractivity contribution is 0.183. The maximum absolute atomic E-state index is 5.96. The van der Waals surface area contributed by atoms with Gasteiger partial charge in [0.15, 0.2) is 0 Å². The SMILES string of the molecule is Cn1cc(-c2ccc(OCCN3CCCCC3)cc2)cncc(-c2ccncc2)cn1. The summed E-state index contributed by atoms with van der Waals surface area (Å²) in [4.78, 5) is 11.1. The van der Waals surface area contributed by atoms with Gasteiger partial charge < -0.3 is 4.74 Å². The number of piperidine rings is 1. The summed E-state index contributed by atoms with van der Waals surface area (Å²) in [7, 11) is 1.91. The van der Waals surface area contributed by atoms with E-state index in [0.717, 1.165) is 41.2 Å². The number of benzene rings is 1. The highest BCUT2D eigenvalue weighted by Crippen LogP contribution is 2.21. The van der Waals surface area contributed by atoms with Gasteiger partial charge in [-0.2, -0.15) is 5.10 Å². The minimum atomic E-state index is 0.726. The Morgan fingerprint density at radius 3 is 2.26 bits per heavy atom. The van der Waals surface area contributed by atoms with Gasteiger partial charge in [0.05, 0.1) is 6.20 Å². The highest BCUT2D eigenvalue weighted by Gasteiger charge is 2.09. The number of aryl methyl sites for hydroxylation is 1. The summed E-state index contributed by atoms with van der Waals surface area (Å²) < 4.78 is 7.75. The molecule has 0 radical (unpaired) electrons. The molecule has 2 aromatic heterocycles. The number of rotatable bonds is 6. The lowest BCUT2D eigenvalue weighted by atomic mass is 10.1. The van der Waals surface area contributed by atoms with Crippen LogP contribution in [-0.4, -0.2) is 50.9 Å². The largest absolute Gasteiger partial charge is 0.492 e. The molecule has 6 heteroatoms. The summed E-state index contributed by atoms with van der Waals surface area (Å²) in [6, 6.07) is 12.1. The van der Waals surface area contributed by atoms with Crippen LogP contribution in [-0.2, 0) is 7.05 Å². The average molecular weight is 416 g/mol. The van der Waals surface area contributed by atoms with E-state index in [1.807, 2.05) is 56.1 Å². The first-order valence-corrected chi connectivity index (χ1v) is 10.9. The van der Waals surface area contributed by atoms with Crippen molar-refractivity contribution in [2.45, 2.75) is 19.3 Å². The molecule has 1 aromatic carbocycles. The molecule has 1 saturated heterocycles. The Balaban J connectivity index is 1.46. The number of ether oxygens (including phenoxy) is 1. The van der Waals surface area contributed by atoms with Crippen LogP contribution in [0.4, 0.5) is 0 Å². The molecule has 1 aliphatic rings. The van der Waals surface area contributed by atoms with Crippen LogP contribution in [0.25, 0.3) is 22.3 Å². The van der Waals surface area contributed by atoms with Gasteiger partial charge in [-0.1, -0.05) is 18.6 Å². The van der Waals surface area contributed by atoms with Crippen LogP contribution >= 0.6 is 0 Å². The van der Waals surface area contributed by atoms with Crippen molar-refractivity contribution in [1.82, 2.24) is 24.6 Å². The van der Waals surface area contributed by atoms with Crippen molar-refractivity contribution in [3.63, 3.8) is 0 Å². The smallest absolute Gasteiger partial charge is 0.119 e. The number of nitrogens with zero attached hydrogens (tertiary/aromatic N) is 5. The summed E-state index contributed by atoms with van der Waals surface area (Å²) >= 11 is 0. The van der Waals surface area contributed by atoms with E-state index in [4.69, 9.17) is 4.74 Å². The van der Waals surface area contributed by atoms with E-state index in [-0.39, 0.29) is 0 Å². The van der Waals surface area contributed by atoms with E-state index in [1.54, 1.807) is 17.1 Å². The lowest BCUT2D eigenvalue weighted by Gasteiger charge is -2.26. The molecule has 0 amide bonds. The fraction of sp³-hybridized carbons (Fsp3) is 0.320. The summed E-state index contributed by atoms with van der Waals surface area (Å²) in [5, 5.41) is 4.51. The maximum Gasteiger partial charge on any atom is 0.119 e. The number of hydrogen-bond acceptors (Lipinski definition) is 5. The zero-order valence-electron chi connectivity index (χ0n) is 18.0. The Labute approximate surface area is 183 Å². The zero-order chi connectivity index (χ0) is 21.3. The number of likely N-dealkylation sites (tertiary alicyclic amines) is 1. The normalized spacial score (nSPS) is 14.1. The van der Waals surface area contributed by atoms with Crippen LogP contribution in [0.2, 0.25) is 0 Å². The summed E-state index contributed by atoms with van der Waals surface area (Å²) in [5.74, 6) is 0.896. The molecule has 4 rings (SSSR count). The quantitative estimate of drug-likeness (QED) is 0.592. The number of pyridine rings is 1. The lowest BCUT2D eigenvalue weighted by Crippen LogP contribution is -2.33. The average Bonchev–Trinajstić information content (AvgIpc) is 2.91. The molecule has 0 unspecified atom stereocenters.